The van der Waals surface area contributed by atoms with Crippen LogP contribution in [0.2, 0.25) is 0 Å². The van der Waals surface area contributed by atoms with Crippen molar-refractivity contribution in [1.82, 2.24) is 0 Å². The number of anilines is 1. The Morgan fingerprint density at radius 3 is 2.60 bits per heavy atom. The van der Waals surface area contributed by atoms with E-state index in [0.29, 0.717) is 6.54 Å². The van der Waals surface area contributed by atoms with E-state index in [1.54, 1.807) is 4.90 Å². The van der Waals surface area contributed by atoms with Crippen LogP contribution >= 0.6 is 0 Å². The predicted octanol–water partition coefficient (Wildman–Crippen LogP) is 4.08. The maximum atomic E-state index is 12.2. The highest BCUT2D eigenvalue weighted by Gasteiger charge is 2.28. The van der Waals surface area contributed by atoms with E-state index in [1.165, 1.54) is 0 Å². The van der Waals surface area contributed by atoms with Crippen LogP contribution in [0.15, 0.2) is 54.6 Å². The molecule has 0 N–H and O–H groups in total. The number of ether oxygens (including phenoxy) is 1. The van der Waals surface area contributed by atoms with E-state index in [0.717, 1.165) is 23.2 Å². The number of carbonyl (C=O) groups is 1. The third-order valence-electron chi connectivity index (χ3n) is 3.56. The van der Waals surface area contributed by atoms with E-state index in [1.807, 2.05) is 61.5 Å². The summed E-state index contributed by atoms with van der Waals surface area (Å²) < 4.78 is 5.57. The molecule has 2 aromatic rings. The molecule has 1 saturated heterocycles. The Morgan fingerprint density at radius 2 is 1.90 bits per heavy atom. The highest BCUT2D eigenvalue weighted by atomic mass is 16.6. The largest absolute Gasteiger partial charge is 0.441 e. The van der Waals surface area contributed by atoms with Gasteiger partial charge < -0.3 is 4.74 Å². The average Bonchev–Trinajstić information content (AvgIpc) is 2.48. The van der Waals surface area contributed by atoms with Crippen molar-refractivity contribution in [2.24, 2.45) is 0 Å². The molecule has 3 rings (SSSR count). The molecule has 102 valence electrons. The van der Waals surface area contributed by atoms with Crippen LogP contribution in [-0.4, -0.2) is 12.6 Å². The van der Waals surface area contributed by atoms with Gasteiger partial charge in [0.2, 0.25) is 0 Å². The molecule has 3 heteroatoms. The van der Waals surface area contributed by atoms with E-state index in [4.69, 9.17) is 4.74 Å². The van der Waals surface area contributed by atoms with E-state index in [2.05, 4.69) is 0 Å². The summed E-state index contributed by atoms with van der Waals surface area (Å²) in [4.78, 5) is 13.9. The topological polar surface area (TPSA) is 29.5 Å². The van der Waals surface area contributed by atoms with Crippen LogP contribution in [-0.2, 0) is 4.74 Å². The molecule has 0 bridgehead atoms. The van der Waals surface area contributed by atoms with Crippen molar-refractivity contribution in [3.8, 4) is 0 Å². The summed E-state index contributed by atoms with van der Waals surface area (Å²) in [6, 6.07) is 17.8. The van der Waals surface area contributed by atoms with Crippen LogP contribution in [0, 0.1) is 6.92 Å². The Hall–Kier alpha value is -2.29. The summed E-state index contributed by atoms with van der Waals surface area (Å²) in [5.74, 6) is 0. The fraction of sp³-hybridized carbons (Fsp3) is 0.235. The second-order valence-corrected chi connectivity index (χ2v) is 5.06. The monoisotopic (exact) mass is 267 g/mol. The van der Waals surface area contributed by atoms with Crippen molar-refractivity contribution in [3.63, 3.8) is 0 Å². The van der Waals surface area contributed by atoms with Gasteiger partial charge in [-0.1, -0.05) is 42.5 Å². The first-order valence-electron chi connectivity index (χ1n) is 6.84. The van der Waals surface area contributed by atoms with Crippen LogP contribution in [0.4, 0.5) is 10.5 Å². The molecule has 0 saturated carbocycles. The number of carbonyl (C=O) groups excluding carboxylic acids is 1. The van der Waals surface area contributed by atoms with Gasteiger partial charge in [0.15, 0.2) is 0 Å². The van der Waals surface area contributed by atoms with Crippen LogP contribution in [0.5, 0.6) is 0 Å². The summed E-state index contributed by atoms with van der Waals surface area (Å²) in [7, 11) is 0. The van der Waals surface area contributed by atoms with Crippen molar-refractivity contribution in [2.75, 3.05) is 11.4 Å². The van der Waals surface area contributed by atoms with Crippen LogP contribution in [0.1, 0.15) is 23.7 Å². The zero-order valence-electron chi connectivity index (χ0n) is 11.5. The Bertz CT molecular complexity index is 609. The SMILES string of the molecule is Cc1cccc(N2CCC(c3ccccc3)OC2=O)c1. The molecule has 1 aliphatic rings. The number of nitrogens with zero attached hydrogens (tertiary/aromatic N) is 1. The third-order valence-corrected chi connectivity index (χ3v) is 3.56. The highest BCUT2D eigenvalue weighted by molar-refractivity contribution is 5.88. The molecular weight excluding hydrogens is 250 g/mol. The minimum absolute atomic E-state index is 0.134. The molecule has 1 aliphatic heterocycles. The van der Waals surface area contributed by atoms with Crippen molar-refractivity contribution in [3.05, 3.63) is 65.7 Å². The molecule has 0 spiro atoms. The lowest BCUT2D eigenvalue weighted by Crippen LogP contribution is -2.39. The summed E-state index contributed by atoms with van der Waals surface area (Å²) in [6.07, 6.45) is 0.407. The average molecular weight is 267 g/mol. The summed E-state index contributed by atoms with van der Waals surface area (Å²) in [5.41, 5.74) is 3.10. The quantitative estimate of drug-likeness (QED) is 0.820. The Morgan fingerprint density at radius 1 is 1.10 bits per heavy atom. The summed E-state index contributed by atoms with van der Waals surface area (Å²) in [5, 5.41) is 0. The van der Waals surface area contributed by atoms with Gasteiger partial charge in [0.1, 0.15) is 6.10 Å². The highest BCUT2D eigenvalue weighted by Crippen LogP contribution is 2.29. The lowest BCUT2D eigenvalue weighted by molar-refractivity contribution is 0.0841. The Kier molecular flexibility index (Phi) is 3.42. The van der Waals surface area contributed by atoms with E-state index in [-0.39, 0.29) is 12.2 Å². The minimum Gasteiger partial charge on any atom is -0.441 e. The Balaban J connectivity index is 1.76. The fourth-order valence-electron chi connectivity index (χ4n) is 2.51. The number of cyclic esters (lactones) is 1. The fourth-order valence-corrected chi connectivity index (χ4v) is 2.51. The van der Waals surface area contributed by atoms with Crippen LogP contribution in [0.3, 0.4) is 0 Å². The van der Waals surface area contributed by atoms with Gasteiger partial charge in [0, 0.05) is 18.7 Å². The maximum absolute atomic E-state index is 12.2. The maximum Gasteiger partial charge on any atom is 0.414 e. The van der Waals surface area contributed by atoms with Gasteiger partial charge in [-0.2, -0.15) is 0 Å². The molecule has 0 aliphatic carbocycles. The smallest absolute Gasteiger partial charge is 0.414 e. The van der Waals surface area contributed by atoms with Crippen LogP contribution in [0.25, 0.3) is 0 Å². The van der Waals surface area contributed by atoms with E-state index in [9.17, 15) is 4.79 Å². The molecule has 0 radical (unpaired) electrons. The number of hydrogen-bond acceptors (Lipinski definition) is 2. The van der Waals surface area contributed by atoms with Gasteiger partial charge in [-0.25, -0.2) is 4.79 Å². The predicted molar refractivity (Wildman–Crippen MR) is 78.8 cm³/mol. The van der Waals surface area contributed by atoms with Gasteiger partial charge in [0.25, 0.3) is 0 Å². The van der Waals surface area contributed by atoms with Gasteiger partial charge in [0.05, 0.1) is 0 Å². The molecule has 20 heavy (non-hydrogen) atoms. The molecule has 1 unspecified atom stereocenters. The second kappa shape index (κ2) is 5.37. The summed E-state index contributed by atoms with van der Waals surface area (Å²) >= 11 is 0. The van der Waals surface area contributed by atoms with Gasteiger partial charge in [-0.15, -0.1) is 0 Å². The zero-order chi connectivity index (χ0) is 13.9. The third kappa shape index (κ3) is 2.52. The molecule has 1 amide bonds. The molecule has 3 nitrogen and oxygen atoms in total. The molecular formula is C17H17NO2. The zero-order valence-corrected chi connectivity index (χ0v) is 11.5. The standard InChI is InChI=1S/C17H17NO2/c1-13-6-5-9-15(12-13)18-11-10-16(20-17(18)19)14-7-3-2-4-8-14/h2-9,12,16H,10-11H2,1H3. The molecule has 0 aromatic heterocycles. The minimum atomic E-state index is -0.268. The van der Waals surface area contributed by atoms with Crippen molar-refractivity contribution >= 4 is 11.8 Å². The van der Waals surface area contributed by atoms with Gasteiger partial charge in [-0.3, -0.25) is 4.90 Å². The van der Waals surface area contributed by atoms with Crippen molar-refractivity contribution < 1.29 is 9.53 Å². The molecule has 2 aromatic carbocycles. The number of amides is 1. The van der Waals surface area contributed by atoms with E-state index < -0.39 is 0 Å². The number of hydrogen-bond donors (Lipinski definition) is 0. The first-order chi connectivity index (χ1) is 9.74. The molecule has 1 atom stereocenters. The normalized spacial score (nSPS) is 18.8. The Labute approximate surface area is 118 Å². The van der Waals surface area contributed by atoms with Crippen LogP contribution < -0.4 is 4.90 Å². The summed E-state index contributed by atoms with van der Waals surface area (Å²) in [6.45, 7) is 2.70. The van der Waals surface area contributed by atoms with E-state index >= 15 is 0 Å². The first-order valence-corrected chi connectivity index (χ1v) is 6.84. The van der Waals surface area contributed by atoms with Gasteiger partial charge >= 0.3 is 6.09 Å². The molecule has 1 fully saturated rings. The number of benzene rings is 2. The lowest BCUT2D eigenvalue weighted by atomic mass is 10.0. The molecule has 1 heterocycles. The second-order valence-electron chi connectivity index (χ2n) is 5.06. The first kappa shape index (κ1) is 12.7. The number of rotatable bonds is 2. The lowest BCUT2D eigenvalue weighted by Gasteiger charge is -2.32. The van der Waals surface area contributed by atoms with Crippen molar-refractivity contribution in [1.29, 1.82) is 0 Å². The van der Waals surface area contributed by atoms with Gasteiger partial charge in [-0.05, 0) is 30.2 Å². The van der Waals surface area contributed by atoms with Crippen molar-refractivity contribution in [2.45, 2.75) is 19.4 Å². The number of aryl methyl sites for hydroxylation is 1.